The van der Waals surface area contributed by atoms with Crippen LogP contribution in [0.3, 0.4) is 0 Å². The van der Waals surface area contributed by atoms with E-state index < -0.39 is 0 Å². The third-order valence-corrected chi connectivity index (χ3v) is 3.11. The van der Waals surface area contributed by atoms with E-state index in [0.29, 0.717) is 27.4 Å². The zero-order chi connectivity index (χ0) is 13.4. The normalized spacial score (nSPS) is 10.8. The minimum atomic E-state index is -0.330. The number of rotatable bonds is 2. The number of pyridine rings is 1. The molecular formula is C14H8ClFN2O. The fraction of sp³-hybridized carbons (Fsp3) is 0. The summed E-state index contributed by atoms with van der Waals surface area (Å²) in [4.78, 5) is 11.3. The molecular weight excluding hydrogens is 267 g/mol. The Balaban J connectivity index is 2.28. The lowest BCUT2D eigenvalue weighted by molar-refractivity contribution is 0.112. The van der Waals surface area contributed by atoms with Gasteiger partial charge in [-0.3, -0.25) is 4.79 Å². The molecule has 3 aromatic rings. The lowest BCUT2D eigenvalue weighted by atomic mass is 10.1. The minimum absolute atomic E-state index is 0.330. The molecule has 0 saturated heterocycles. The smallest absolute Gasteiger partial charge is 0.154 e. The SMILES string of the molecule is O=Cc1c(-c2ccc(F)cc2)nn2ccc(Cl)cc12. The van der Waals surface area contributed by atoms with Gasteiger partial charge in [-0.05, 0) is 36.4 Å². The number of hydrogen-bond acceptors (Lipinski definition) is 2. The number of halogens is 2. The number of aldehydes is 1. The first-order chi connectivity index (χ1) is 9.19. The molecule has 0 aliphatic carbocycles. The summed E-state index contributed by atoms with van der Waals surface area (Å²) in [5.41, 5.74) is 2.26. The topological polar surface area (TPSA) is 34.4 Å². The number of fused-ring (bicyclic) bond motifs is 1. The van der Waals surface area contributed by atoms with Gasteiger partial charge in [-0.2, -0.15) is 5.10 Å². The zero-order valence-electron chi connectivity index (χ0n) is 9.68. The maximum atomic E-state index is 12.9. The van der Waals surface area contributed by atoms with Crippen LogP contribution in [0.2, 0.25) is 5.02 Å². The number of carbonyl (C=O) groups excluding carboxylic acids is 1. The lowest BCUT2D eigenvalue weighted by Crippen LogP contribution is -1.85. The molecule has 3 rings (SSSR count). The second-order valence-corrected chi connectivity index (χ2v) is 4.50. The third-order valence-electron chi connectivity index (χ3n) is 2.87. The first-order valence-electron chi connectivity index (χ1n) is 5.58. The summed E-state index contributed by atoms with van der Waals surface area (Å²) >= 11 is 5.92. The number of nitrogens with zero attached hydrogens (tertiary/aromatic N) is 2. The summed E-state index contributed by atoms with van der Waals surface area (Å²) in [6.45, 7) is 0. The van der Waals surface area contributed by atoms with Crippen molar-refractivity contribution in [2.24, 2.45) is 0 Å². The molecule has 0 fully saturated rings. The number of carbonyl (C=O) groups is 1. The van der Waals surface area contributed by atoms with Crippen LogP contribution in [0.25, 0.3) is 16.8 Å². The molecule has 0 N–H and O–H groups in total. The van der Waals surface area contributed by atoms with Crippen molar-refractivity contribution < 1.29 is 9.18 Å². The van der Waals surface area contributed by atoms with Crippen LogP contribution in [0, 0.1) is 5.82 Å². The summed E-state index contributed by atoms with van der Waals surface area (Å²) in [5, 5.41) is 4.86. The zero-order valence-corrected chi connectivity index (χ0v) is 10.4. The molecule has 0 atom stereocenters. The van der Waals surface area contributed by atoms with Gasteiger partial charge in [-0.15, -0.1) is 0 Å². The van der Waals surface area contributed by atoms with Crippen molar-refractivity contribution in [2.45, 2.75) is 0 Å². The molecule has 0 radical (unpaired) electrons. The van der Waals surface area contributed by atoms with E-state index in [1.807, 2.05) is 0 Å². The van der Waals surface area contributed by atoms with Gasteiger partial charge in [0.1, 0.15) is 11.5 Å². The Hall–Kier alpha value is -2.20. The second-order valence-electron chi connectivity index (χ2n) is 4.06. The summed E-state index contributed by atoms with van der Waals surface area (Å²) in [7, 11) is 0. The predicted molar refractivity (Wildman–Crippen MR) is 71.0 cm³/mol. The number of hydrogen-bond donors (Lipinski definition) is 0. The Bertz CT molecular complexity index is 765. The fourth-order valence-corrected chi connectivity index (χ4v) is 2.14. The van der Waals surface area contributed by atoms with Crippen LogP contribution in [0.15, 0.2) is 42.6 Å². The molecule has 0 bridgehead atoms. The van der Waals surface area contributed by atoms with Crippen molar-refractivity contribution in [3.8, 4) is 11.3 Å². The summed E-state index contributed by atoms with van der Waals surface area (Å²) in [5.74, 6) is -0.330. The second kappa shape index (κ2) is 4.48. The average Bonchev–Trinajstić information content (AvgIpc) is 2.77. The fourth-order valence-electron chi connectivity index (χ4n) is 1.98. The standard InChI is InChI=1S/C14H8ClFN2O/c15-10-5-6-18-13(7-10)12(8-19)14(17-18)9-1-3-11(16)4-2-9/h1-8H. The molecule has 0 amide bonds. The van der Waals surface area contributed by atoms with Gasteiger partial charge >= 0.3 is 0 Å². The van der Waals surface area contributed by atoms with Crippen LogP contribution >= 0.6 is 11.6 Å². The van der Waals surface area contributed by atoms with Crippen molar-refractivity contribution in [1.82, 2.24) is 9.61 Å². The van der Waals surface area contributed by atoms with Gasteiger partial charge in [-0.1, -0.05) is 11.6 Å². The van der Waals surface area contributed by atoms with E-state index >= 15 is 0 Å². The van der Waals surface area contributed by atoms with Gasteiger partial charge in [0.15, 0.2) is 6.29 Å². The highest BCUT2D eigenvalue weighted by Crippen LogP contribution is 2.26. The Kier molecular flexibility index (Phi) is 2.80. The van der Waals surface area contributed by atoms with Crippen molar-refractivity contribution >= 4 is 23.4 Å². The third kappa shape index (κ3) is 2.00. The van der Waals surface area contributed by atoms with E-state index in [1.165, 1.54) is 12.1 Å². The minimum Gasteiger partial charge on any atom is -0.298 e. The monoisotopic (exact) mass is 274 g/mol. The van der Waals surface area contributed by atoms with E-state index in [9.17, 15) is 9.18 Å². The molecule has 2 heterocycles. The first kappa shape index (κ1) is 11.9. The van der Waals surface area contributed by atoms with Gasteiger partial charge in [0.25, 0.3) is 0 Å². The first-order valence-corrected chi connectivity index (χ1v) is 5.96. The van der Waals surface area contributed by atoms with Gasteiger partial charge in [0.2, 0.25) is 0 Å². The van der Waals surface area contributed by atoms with E-state index in [-0.39, 0.29) is 5.82 Å². The molecule has 0 spiro atoms. The quantitative estimate of drug-likeness (QED) is 0.669. The van der Waals surface area contributed by atoms with E-state index in [0.717, 1.165) is 6.29 Å². The molecule has 19 heavy (non-hydrogen) atoms. The summed E-state index contributed by atoms with van der Waals surface area (Å²) in [6, 6.07) is 9.20. The van der Waals surface area contributed by atoms with Gasteiger partial charge in [-0.25, -0.2) is 8.91 Å². The van der Waals surface area contributed by atoms with Crippen molar-refractivity contribution in [3.05, 3.63) is 59.0 Å². The molecule has 1 aromatic carbocycles. The van der Waals surface area contributed by atoms with Crippen molar-refractivity contribution in [1.29, 1.82) is 0 Å². The summed E-state index contributed by atoms with van der Waals surface area (Å²) < 4.78 is 14.5. The van der Waals surface area contributed by atoms with Crippen molar-refractivity contribution in [2.75, 3.05) is 0 Å². The Morgan fingerprint density at radius 3 is 2.63 bits per heavy atom. The summed E-state index contributed by atoms with van der Waals surface area (Å²) in [6.07, 6.45) is 2.41. The maximum absolute atomic E-state index is 12.9. The Morgan fingerprint density at radius 2 is 1.95 bits per heavy atom. The highest BCUT2D eigenvalue weighted by molar-refractivity contribution is 6.31. The molecule has 0 aliphatic heterocycles. The highest BCUT2D eigenvalue weighted by Gasteiger charge is 2.14. The molecule has 0 unspecified atom stereocenters. The molecule has 94 valence electrons. The lowest BCUT2D eigenvalue weighted by Gasteiger charge is -1.97. The molecule has 0 aliphatic rings. The van der Waals surface area contributed by atoms with Crippen LogP contribution in [-0.2, 0) is 0 Å². The van der Waals surface area contributed by atoms with Gasteiger partial charge in [0, 0.05) is 16.8 Å². The van der Waals surface area contributed by atoms with Crippen LogP contribution in [0.4, 0.5) is 4.39 Å². The van der Waals surface area contributed by atoms with Crippen LogP contribution in [0.1, 0.15) is 10.4 Å². The molecule has 0 saturated carbocycles. The molecule has 2 aromatic heterocycles. The van der Waals surface area contributed by atoms with Crippen LogP contribution in [-0.4, -0.2) is 15.9 Å². The van der Waals surface area contributed by atoms with Gasteiger partial charge in [0.05, 0.1) is 11.1 Å². The maximum Gasteiger partial charge on any atom is 0.154 e. The Labute approximate surface area is 113 Å². The van der Waals surface area contributed by atoms with E-state index in [1.54, 1.807) is 35.0 Å². The highest BCUT2D eigenvalue weighted by atomic mass is 35.5. The molecule has 5 heteroatoms. The number of aromatic nitrogens is 2. The van der Waals surface area contributed by atoms with Gasteiger partial charge < -0.3 is 0 Å². The average molecular weight is 275 g/mol. The van der Waals surface area contributed by atoms with Crippen molar-refractivity contribution in [3.63, 3.8) is 0 Å². The van der Waals surface area contributed by atoms with Crippen LogP contribution < -0.4 is 0 Å². The molecule has 3 nitrogen and oxygen atoms in total. The largest absolute Gasteiger partial charge is 0.298 e. The van der Waals surface area contributed by atoms with E-state index in [2.05, 4.69) is 5.10 Å². The Morgan fingerprint density at radius 1 is 1.21 bits per heavy atom. The number of benzene rings is 1. The predicted octanol–water partition coefficient (Wildman–Crippen LogP) is 3.61. The van der Waals surface area contributed by atoms with Crippen LogP contribution in [0.5, 0.6) is 0 Å². The van der Waals surface area contributed by atoms with E-state index in [4.69, 9.17) is 11.6 Å².